The number of rotatable bonds is 3. The third-order valence-electron chi connectivity index (χ3n) is 3.32. The van der Waals surface area contributed by atoms with E-state index >= 15 is 0 Å². The van der Waals surface area contributed by atoms with E-state index in [0.29, 0.717) is 22.3 Å². The number of aryl methyl sites for hydroxylation is 1. The summed E-state index contributed by atoms with van der Waals surface area (Å²) in [5, 5.41) is 3.83. The van der Waals surface area contributed by atoms with Gasteiger partial charge in [0.15, 0.2) is 5.82 Å². The third-order valence-corrected chi connectivity index (χ3v) is 4.03. The maximum Gasteiger partial charge on any atom is 0.156 e. The van der Waals surface area contributed by atoms with Crippen molar-refractivity contribution in [3.63, 3.8) is 0 Å². The van der Waals surface area contributed by atoms with Crippen LogP contribution in [0.5, 0.6) is 0 Å². The first-order valence-corrected chi connectivity index (χ1v) is 8.03. The molecule has 1 N–H and O–H groups in total. The van der Waals surface area contributed by atoms with Crippen molar-refractivity contribution in [1.82, 2.24) is 15.0 Å². The van der Waals surface area contributed by atoms with Gasteiger partial charge in [-0.2, -0.15) is 0 Å². The van der Waals surface area contributed by atoms with Crippen LogP contribution in [0, 0.1) is 6.92 Å². The van der Waals surface area contributed by atoms with Gasteiger partial charge in [-0.1, -0.05) is 39.7 Å². The zero-order valence-corrected chi connectivity index (χ0v) is 14.5. The molecule has 3 aromatic rings. The normalized spacial score (nSPS) is 12.4. The highest BCUT2D eigenvalue weighted by Crippen LogP contribution is 2.25. The van der Waals surface area contributed by atoms with Gasteiger partial charge in [-0.15, -0.1) is 0 Å². The van der Waals surface area contributed by atoms with Crippen molar-refractivity contribution in [3.05, 3.63) is 57.4 Å². The van der Waals surface area contributed by atoms with Gasteiger partial charge in [-0.3, -0.25) is 0 Å². The van der Waals surface area contributed by atoms with E-state index in [9.17, 15) is 0 Å². The topological polar surface area (TPSA) is 50.7 Å². The summed E-state index contributed by atoms with van der Waals surface area (Å²) in [5.41, 5.74) is 2.61. The quantitative estimate of drug-likeness (QED) is 0.658. The van der Waals surface area contributed by atoms with Gasteiger partial charge in [0.1, 0.15) is 16.5 Å². The van der Waals surface area contributed by atoms with Crippen molar-refractivity contribution >= 4 is 44.4 Å². The fraction of sp³-hybridized carbons (Fsp3) is 0.188. The van der Waals surface area contributed by atoms with Gasteiger partial charge in [-0.25, -0.2) is 15.0 Å². The number of nitrogens with zero attached hydrogens (tertiary/aromatic N) is 3. The molecule has 112 valence electrons. The SMILES string of the molecule is Cc1nc(N[C@H](C)c2cccc(Br)c2)c2nc(Cl)ccc2n1. The molecule has 2 heterocycles. The van der Waals surface area contributed by atoms with Gasteiger partial charge in [0.25, 0.3) is 0 Å². The lowest BCUT2D eigenvalue weighted by atomic mass is 10.1. The molecule has 1 aromatic carbocycles. The molecule has 0 aliphatic carbocycles. The van der Waals surface area contributed by atoms with Crippen molar-refractivity contribution in [3.8, 4) is 0 Å². The molecule has 1 atom stereocenters. The highest BCUT2D eigenvalue weighted by molar-refractivity contribution is 9.10. The Morgan fingerprint density at radius 2 is 1.95 bits per heavy atom. The molecule has 2 aromatic heterocycles. The third kappa shape index (κ3) is 3.20. The Bertz CT molecular complexity index is 837. The summed E-state index contributed by atoms with van der Waals surface area (Å²) >= 11 is 9.50. The number of fused-ring (bicyclic) bond motifs is 1. The summed E-state index contributed by atoms with van der Waals surface area (Å²) in [4.78, 5) is 13.2. The summed E-state index contributed by atoms with van der Waals surface area (Å²) in [7, 11) is 0. The number of pyridine rings is 1. The van der Waals surface area contributed by atoms with Gasteiger partial charge in [0.2, 0.25) is 0 Å². The Balaban J connectivity index is 2.01. The van der Waals surface area contributed by atoms with E-state index in [4.69, 9.17) is 11.6 Å². The fourth-order valence-corrected chi connectivity index (χ4v) is 2.84. The first-order chi connectivity index (χ1) is 10.5. The number of hydrogen-bond acceptors (Lipinski definition) is 4. The maximum absolute atomic E-state index is 6.00. The fourth-order valence-electron chi connectivity index (χ4n) is 2.27. The van der Waals surface area contributed by atoms with Crippen molar-refractivity contribution in [1.29, 1.82) is 0 Å². The molecule has 0 fully saturated rings. The molecular weight excluding hydrogens is 364 g/mol. The molecule has 0 spiro atoms. The first-order valence-electron chi connectivity index (χ1n) is 6.86. The first kappa shape index (κ1) is 15.2. The minimum atomic E-state index is 0.0794. The molecule has 0 amide bonds. The number of benzene rings is 1. The number of anilines is 1. The molecular formula is C16H14BrClN4. The maximum atomic E-state index is 6.00. The van der Waals surface area contributed by atoms with E-state index in [1.807, 2.05) is 25.1 Å². The highest BCUT2D eigenvalue weighted by atomic mass is 79.9. The highest BCUT2D eigenvalue weighted by Gasteiger charge is 2.12. The van der Waals surface area contributed by atoms with E-state index in [-0.39, 0.29) is 6.04 Å². The zero-order valence-electron chi connectivity index (χ0n) is 12.1. The second-order valence-corrected chi connectivity index (χ2v) is 6.35. The monoisotopic (exact) mass is 376 g/mol. The molecule has 0 radical (unpaired) electrons. The van der Waals surface area contributed by atoms with Crippen LogP contribution in [-0.2, 0) is 0 Å². The van der Waals surface area contributed by atoms with Crippen LogP contribution >= 0.6 is 27.5 Å². The van der Waals surface area contributed by atoms with Crippen LogP contribution in [0.4, 0.5) is 5.82 Å². The summed E-state index contributed by atoms with van der Waals surface area (Å²) in [6.45, 7) is 3.94. The predicted molar refractivity (Wildman–Crippen MR) is 93.3 cm³/mol. The molecule has 4 nitrogen and oxygen atoms in total. The Labute approximate surface area is 142 Å². The Kier molecular flexibility index (Phi) is 4.27. The minimum absolute atomic E-state index is 0.0794. The van der Waals surface area contributed by atoms with Crippen molar-refractivity contribution in [2.45, 2.75) is 19.9 Å². The smallest absolute Gasteiger partial charge is 0.156 e. The number of halogens is 2. The Hall–Kier alpha value is -1.72. The van der Waals surface area contributed by atoms with Gasteiger partial charge in [-0.05, 0) is 43.7 Å². The molecule has 0 aliphatic rings. The van der Waals surface area contributed by atoms with Gasteiger partial charge in [0, 0.05) is 4.47 Å². The van der Waals surface area contributed by atoms with Crippen molar-refractivity contribution < 1.29 is 0 Å². The number of aromatic nitrogens is 3. The van der Waals surface area contributed by atoms with Crippen LogP contribution in [0.15, 0.2) is 40.9 Å². The molecule has 0 saturated heterocycles. The van der Waals surface area contributed by atoms with Gasteiger partial charge < -0.3 is 5.32 Å². The van der Waals surface area contributed by atoms with Crippen LogP contribution in [-0.4, -0.2) is 15.0 Å². The average molecular weight is 378 g/mol. The van der Waals surface area contributed by atoms with Crippen LogP contribution < -0.4 is 5.32 Å². The van der Waals surface area contributed by atoms with E-state index in [2.05, 4.69) is 55.3 Å². The van der Waals surface area contributed by atoms with E-state index in [1.54, 1.807) is 6.07 Å². The minimum Gasteiger partial charge on any atom is -0.362 e. The van der Waals surface area contributed by atoms with Crippen molar-refractivity contribution in [2.24, 2.45) is 0 Å². The van der Waals surface area contributed by atoms with Crippen LogP contribution in [0.3, 0.4) is 0 Å². The number of nitrogens with one attached hydrogen (secondary N) is 1. The summed E-state index contributed by atoms with van der Waals surface area (Å²) < 4.78 is 1.04. The number of hydrogen-bond donors (Lipinski definition) is 1. The summed E-state index contributed by atoms with van der Waals surface area (Å²) in [5.74, 6) is 1.39. The lowest BCUT2D eigenvalue weighted by Crippen LogP contribution is -2.10. The molecule has 22 heavy (non-hydrogen) atoms. The van der Waals surface area contributed by atoms with Crippen molar-refractivity contribution in [2.75, 3.05) is 5.32 Å². The second kappa shape index (κ2) is 6.18. The molecule has 0 unspecified atom stereocenters. The molecule has 3 rings (SSSR count). The van der Waals surface area contributed by atoms with E-state index in [1.165, 1.54) is 0 Å². The molecule has 6 heteroatoms. The zero-order chi connectivity index (χ0) is 15.7. The largest absolute Gasteiger partial charge is 0.362 e. The van der Waals surface area contributed by atoms with Crippen LogP contribution in [0.1, 0.15) is 24.4 Å². The summed E-state index contributed by atoms with van der Waals surface area (Å²) in [6, 6.07) is 11.8. The lowest BCUT2D eigenvalue weighted by molar-refractivity contribution is 0.870. The predicted octanol–water partition coefficient (Wildman–Crippen LogP) is 4.92. The van der Waals surface area contributed by atoms with Crippen LogP contribution in [0.25, 0.3) is 11.0 Å². The summed E-state index contributed by atoms with van der Waals surface area (Å²) in [6.07, 6.45) is 0. The van der Waals surface area contributed by atoms with Crippen LogP contribution in [0.2, 0.25) is 5.15 Å². The van der Waals surface area contributed by atoms with E-state index in [0.717, 1.165) is 15.6 Å². The average Bonchev–Trinajstić information content (AvgIpc) is 2.48. The van der Waals surface area contributed by atoms with Gasteiger partial charge in [0.05, 0.1) is 11.6 Å². The second-order valence-electron chi connectivity index (χ2n) is 5.04. The molecule has 0 aliphatic heterocycles. The molecule has 0 bridgehead atoms. The standard InChI is InChI=1S/C16H14BrClN4/c1-9(11-4-3-5-12(17)8-11)19-16-15-13(20-10(2)21-16)6-7-14(18)22-15/h3-9H,1-2H3,(H,19,20,21)/t9-/m1/s1. The molecule has 0 saturated carbocycles. The van der Waals surface area contributed by atoms with E-state index < -0.39 is 0 Å². The lowest BCUT2D eigenvalue weighted by Gasteiger charge is -2.16. The Morgan fingerprint density at radius 1 is 1.14 bits per heavy atom. The Morgan fingerprint density at radius 3 is 2.73 bits per heavy atom. The van der Waals surface area contributed by atoms with Gasteiger partial charge >= 0.3 is 0 Å².